The first kappa shape index (κ1) is 24.4. The molecule has 0 aliphatic carbocycles. The van der Waals surface area contributed by atoms with Crippen molar-refractivity contribution >= 4 is 11.6 Å². The van der Waals surface area contributed by atoms with Crippen LogP contribution in [0.25, 0.3) is 5.69 Å². The molecule has 0 saturated heterocycles. The Kier molecular flexibility index (Phi) is 6.15. The van der Waals surface area contributed by atoms with E-state index in [1.807, 2.05) is 83.1 Å². The van der Waals surface area contributed by atoms with Gasteiger partial charge in [-0.05, 0) is 63.4 Å². The molecule has 1 N–H and O–H groups in total. The van der Waals surface area contributed by atoms with Crippen LogP contribution in [-0.4, -0.2) is 22.4 Å². The zero-order chi connectivity index (χ0) is 26.4. The topological polar surface area (TPSA) is 74.5 Å². The Morgan fingerprint density at radius 3 is 2.35 bits per heavy atom. The van der Waals surface area contributed by atoms with Gasteiger partial charge in [-0.25, -0.2) is 9.36 Å². The molecule has 1 aliphatic heterocycles. The summed E-state index contributed by atoms with van der Waals surface area (Å²) in [6.45, 7) is 9.85. The quantitative estimate of drug-likeness (QED) is 0.347. The molecule has 1 amide bonds. The minimum Gasteiger partial charge on any atom is -0.493 e. The Morgan fingerprint density at radius 2 is 1.68 bits per heavy atom. The number of rotatable bonds is 5. The van der Waals surface area contributed by atoms with Crippen molar-refractivity contribution in [2.75, 3.05) is 12.4 Å². The number of amides is 1. The number of aromatic nitrogens is 2. The third-order valence-electron chi connectivity index (χ3n) is 6.85. The Balaban J connectivity index is 1.63. The van der Waals surface area contributed by atoms with E-state index in [0.717, 1.165) is 39.1 Å². The highest BCUT2D eigenvalue weighted by Gasteiger charge is 2.31. The maximum atomic E-state index is 13.8. The van der Waals surface area contributed by atoms with Crippen LogP contribution in [0.2, 0.25) is 0 Å². The maximum Gasteiger partial charge on any atom is 0.278 e. The van der Waals surface area contributed by atoms with Gasteiger partial charge in [0.15, 0.2) is 11.5 Å². The molecular formula is C30H31N3O4. The predicted octanol–water partition coefficient (Wildman–Crippen LogP) is 5.52. The second kappa shape index (κ2) is 9.32. The first-order valence-electron chi connectivity index (χ1n) is 12.3. The van der Waals surface area contributed by atoms with Gasteiger partial charge < -0.3 is 14.8 Å². The summed E-state index contributed by atoms with van der Waals surface area (Å²) in [7, 11) is 1.59. The molecule has 4 aromatic rings. The molecule has 37 heavy (non-hydrogen) atoms. The number of carbonyl (C=O) groups excluding carboxylic acids is 1. The molecule has 2 heterocycles. The lowest BCUT2D eigenvalue weighted by Crippen LogP contribution is -2.28. The van der Waals surface area contributed by atoms with Crippen LogP contribution in [0.3, 0.4) is 0 Å². The summed E-state index contributed by atoms with van der Waals surface area (Å²) in [5.41, 5.74) is 7.80. The van der Waals surface area contributed by atoms with E-state index in [0.29, 0.717) is 35.1 Å². The fraction of sp³-hybridized carbons (Fsp3) is 0.267. The number of methoxy groups -OCH3 is 1. The third kappa shape index (κ3) is 4.31. The van der Waals surface area contributed by atoms with Crippen molar-refractivity contribution in [1.82, 2.24) is 9.36 Å². The van der Waals surface area contributed by atoms with Crippen LogP contribution in [-0.2, 0) is 17.8 Å². The van der Waals surface area contributed by atoms with Crippen molar-refractivity contribution in [3.8, 4) is 23.1 Å². The lowest BCUT2D eigenvalue weighted by molar-refractivity contribution is -0.117. The molecule has 0 radical (unpaired) electrons. The summed E-state index contributed by atoms with van der Waals surface area (Å²) >= 11 is 0. The monoisotopic (exact) mass is 497 g/mol. The van der Waals surface area contributed by atoms with E-state index in [1.54, 1.807) is 16.5 Å². The van der Waals surface area contributed by atoms with Crippen molar-refractivity contribution in [2.24, 2.45) is 0 Å². The fourth-order valence-corrected chi connectivity index (χ4v) is 5.22. The molecule has 0 bridgehead atoms. The van der Waals surface area contributed by atoms with Gasteiger partial charge >= 0.3 is 0 Å². The molecule has 1 aromatic heterocycles. The summed E-state index contributed by atoms with van der Waals surface area (Å²) in [5, 5.41) is 3.06. The molecule has 1 aliphatic rings. The van der Waals surface area contributed by atoms with Gasteiger partial charge in [-0.3, -0.25) is 9.59 Å². The van der Waals surface area contributed by atoms with Gasteiger partial charge in [-0.15, -0.1) is 0 Å². The number of benzene rings is 3. The van der Waals surface area contributed by atoms with Crippen LogP contribution in [0.5, 0.6) is 17.4 Å². The van der Waals surface area contributed by atoms with E-state index in [-0.39, 0.29) is 18.0 Å². The van der Waals surface area contributed by atoms with Gasteiger partial charge in [0.1, 0.15) is 6.54 Å². The van der Waals surface area contributed by atoms with Crippen LogP contribution in [0.15, 0.2) is 53.3 Å². The van der Waals surface area contributed by atoms with Crippen LogP contribution in [0.4, 0.5) is 5.69 Å². The number of ether oxygens (including phenoxy) is 2. The maximum absolute atomic E-state index is 13.8. The summed E-state index contributed by atoms with van der Waals surface area (Å²) in [6, 6.07) is 15.6. The van der Waals surface area contributed by atoms with Crippen LogP contribution < -0.4 is 20.3 Å². The van der Waals surface area contributed by atoms with Crippen molar-refractivity contribution in [3.63, 3.8) is 0 Å². The van der Waals surface area contributed by atoms with Gasteiger partial charge in [0, 0.05) is 17.7 Å². The lowest BCUT2D eigenvalue weighted by atomic mass is 10.0. The number of hydrogen-bond acceptors (Lipinski definition) is 4. The number of anilines is 1. The highest BCUT2D eigenvalue weighted by Crippen LogP contribution is 2.42. The normalized spacial score (nSPS) is 11.9. The Hall–Kier alpha value is -4.26. The van der Waals surface area contributed by atoms with E-state index in [9.17, 15) is 9.59 Å². The van der Waals surface area contributed by atoms with Crippen molar-refractivity contribution in [1.29, 1.82) is 0 Å². The molecule has 3 aromatic carbocycles. The molecule has 0 unspecified atom stereocenters. The lowest BCUT2D eigenvalue weighted by Gasteiger charge is -2.22. The van der Waals surface area contributed by atoms with E-state index in [2.05, 4.69) is 5.32 Å². The second-order valence-corrected chi connectivity index (χ2v) is 9.80. The number of nitrogens with zero attached hydrogens (tertiary/aromatic N) is 2. The zero-order valence-corrected chi connectivity index (χ0v) is 22.1. The first-order chi connectivity index (χ1) is 17.7. The smallest absolute Gasteiger partial charge is 0.278 e. The molecule has 7 heteroatoms. The summed E-state index contributed by atoms with van der Waals surface area (Å²) in [5.74, 6) is 1.25. The molecule has 0 spiro atoms. The van der Waals surface area contributed by atoms with Crippen LogP contribution in [0, 0.1) is 34.6 Å². The number of aryl methyl sites for hydroxylation is 5. The van der Waals surface area contributed by atoms with Crippen molar-refractivity contribution < 1.29 is 14.3 Å². The largest absolute Gasteiger partial charge is 0.493 e. The Labute approximate surface area is 216 Å². The minimum atomic E-state index is -0.249. The highest BCUT2D eigenvalue weighted by atomic mass is 16.5. The zero-order valence-electron chi connectivity index (χ0n) is 22.1. The predicted molar refractivity (Wildman–Crippen MR) is 145 cm³/mol. The number of fused-ring (bicyclic) bond motifs is 2. The van der Waals surface area contributed by atoms with E-state index >= 15 is 0 Å². The molecule has 0 atom stereocenters. The molecule has 0 fully saturated rings. The summed E-state index contributed by atoms with van der Waals surface area (Å²) < 4.78 is 15.0. The first-order valence-corrected chi connectivity index (χ1v) is 12.3. The molecule has 0 saturated carbocycles. The van der Waals surface area contributed by atoms with E-state index in [4.69, 9.17) is 9.47 Å². The van der Waals surface area contributed by atoms with Crippen molar-refractivity contribution in [2.45, 2.75) is 47.6 Å². The number of hydrogen-bond donors (Lipinski definition) is 1. The van der Waals surface area contributed by atoms with Gasteiger partial charge in [0.2, 0.25) is 11.8 Å². The minimum absolute atomic E-state index is 0.102. The SMILES string of the molecule is COc1cccc2c1Oc1c(c(=O)n(-c3ccc(C)cc3C)n1CC(=O)Nc1c(C)cc(C)cc1C)C2. The standard InChI is InChI=1S/C30H31N3O4/c1-17-10-11-24(19(3)12-17)33-29(35)23-15-22-8-7-9-25(36-6)28(22)37-30(23)32(33)16-26(34)31-27-20(4)13-18(2)14-21(27)5/h7-14H,15-16H2,1-6H3,(H,31,34). The van der Waals surface area contributed by atoms with Gasteiger partial charge in [0.25, 0.3) is 5.56 Å². The third-order valence-corrected chi connectivity index (χ3v) is 6.85. The Bertz CT molecular complexity index is 1590. The average Bonchev–Trinajstić information content (AvgIpc) is 3.10. The summed E-state index contributed by atoms with van der Waals surface area (Å²) in [4.78, 5) is 27.3. The average molecular weight is 498 g/mol. The molecule has 5 rings (SSSR count). The van der Waals surface area contributed by atoms with Crippen LogP contribution in [0.1, 0.15) is 38.9 Å². The summed E-state index contributed by atoms with van der Waals surface area (Å²) in [6.07, 6.45) is 0.385. The molecule has 7 nitrogen and oxygen atoms in total. The van der Waals surface area contributed by atoms with Crippen molar-refractivity contribution in [3.05, 3.63) is 97.8 Å². The van der Waals surface area contributed by atoms with Crippen LogP contribution >= 0.6 is 0 Å². The van der Waals surface area contributed by atoms with E-state index in [1.165, 1.54) is 0 Å². The van der Waals surface area contributed by atoms with E-state index < -0.39 is 0 Å². The number of nitrogens with one attached hydrogen (secondary N) is 1. The molecular weight excluding hydrogens is 466 g/mol. The van der Waals surface area contributed by atoms with Gasteiger partial charge in [-0.2, -0.15) is 0 Å². The fourth-order valence-electron chi connectivity index (χ4n) is 5.22. The second-order valence-electron chi connectivity index (χ2n) is 9.80. The highest BCUT2D eigenvalue weighted by molar-refractivity contribution is 5.92. The number of carbonyl (C=O) groups is 1. The molecule has 190 valence electrons. The Morgan fingerprint density at radius 1 is 0.973 bits per heavy atom. The van der Waals surface area contributed by atoms with Gasteiger partial charge in [-0.1, -0.05) is 47.5 Å². The van der Waals surface area contributed by atoms with Gasteiger partial charge in [0.05, 0.1) is 18.4 Å². The number of para-hydroxylation sites is 1.